The Morgan fingerprint density at radius 3 is 2.48 bits per heavy atom. The van der Waals surface area contributed by atoms with E-state index in [4.69, 9.17) is 4.98 Å². The lowest BCUT2D eigenvalue weighted by atomic mass is 9.95. The first kappa shape index (κ1) is 17.5. The number of thioether (sulfide) groups is 1. The van der Waals surface area contributed by atoms with Crippen molar-refractivity contribution < 1.29 is 9.90 Å². The molecule has 0 bridgehead atoms. The number of carboxylic acid groups (broad SMARTS) is 1. The predicted molar refractivity (Wildman–Crippen MR) is 105 cm³/mol. The Hall–Kier alpha value is -2.33. The van der Waals surface area contributed by atoms with Crippen LogP contribution in [0, 0.1) is 0 Å². The molecule has 3 rings (SSSR count). The van der Waals surface area contributed by atoms with Gasteiger partial charge in [-0.15, -0.1) is 11.8 Å². The van der Waals surface area contributed by atoms with E-state index in [0.717, 1.165) is 23.1 Å². The highest BCUT2D eigenvalue weighted by atomic mass is 32.2. The maximum absolute atomic E-state index is 11.8. The molecular weight excluding hydrogens is 330 g/mol. The molecule has 3 nitrogen and oxygen atoms in total. The second-order valence-corrected chi connectivity index (χ2v) is 7.05. The molecule has 25 heavy (non-hydrogen) atoms. The molecule has 1 heterocycles. The molecular formula is C21H21NO2S. The third-order valence-electron chi connectivity index (χ3n) is 4.63. The van der Waals surface area contributed by atoms with Crippen LogP contribution in [0.5, 0.6) is 0 Å². The van der Waals surface area contributed by atoms with Gasteiger partial charge in [0.15, 0.2) is 0 Å². The van der Waals surface area contributed by atoms with Crippen LogP contribution < -0.4 is 0 Å². The van der Waals surface area contributed by atoms with Crippen molar-refractivity contribution in [2.45, 2.75) is 31.1 Å². The summed E-state index contributed by atoms with van der Waals surface area (Å²) in [5, 5.41) is 10.4. The lowest BCUT2D eigenvalue weighted by Gasteiger charge is -2.12. The molecule has 0 radical (unpaired) electrons. The topological polar surface area (TPSA) is 50.2 Å². The van der Waals surface area contributed by atoms with Gasteiger partial charge < -0.3 is 5.11 Å². The number of aromatic carboxylic acids is 1. The molecule has 0 spiro atoms. The Bertz CT molecular complexity index is 919. The summed E-state index contributed by atoms with van der Waals surface area (Å²) in [5.41, 5.74) is 3.79. The molecule has 0 amide bonds. The van der Waals surface area contributed by atoms with Gasteiger partial charge in [-0.3, -0.25) is 0 Å². The fourth-order valence-electron chi connectivity index (χ4n) is 2.87. The molecule has 1 unspecified atom stereocenters. The predicted octanol–water partition coefficient (Wildman–Crippen LogP) is 5.84. The van der Waals surface area contributed by atoms with Crippen LogP contribution in [0.1, 0.15) is 42.1 Å². The van der Waals surface area contributed by atoms with Gasteiger partial charge in [0.05, 0.1) is 16.8 Å². The molecule has 1 atom stereocenters. The van der Waals surface area contributed by atoms with Gasteiger partial charge in [0.1, 0.15) is 0 Å². The maximum Gasteiger partial charge on any atom is 0.336 e. The number of aromatic nitrogens is 1. The monoisotopic (exact) mass is 351 g/mol. The summed E-state index contributed by atoms with van der Waals surface area (Å²) in [5.74, 6) is -0.527. The van der Waals surface area contributed by atoms with Crippen LogP contribution in [0.4, 0.5) is 0 Å². The lowest BCUT2D eigenvalue weighted by molar-refractivity contribution is 0.0699. The zero-order valence-electron chi connectivity index (χ0n) is 14.6. The second kappa shape index (κ2) is 7.28. The molecule has 0 aliphatic carbocycles. The minimum absolute atomic E-state index is 0.305. The van der Waals surface area contributed by atoms with Gasteiger partial charge in [-0.05, 0) is 54.5 Å². The largest absolute Gasteiger partial charge is 0.478 e. The van der Waals surface area contributed by atoms with Gasteiger partial charge in [0, 0.05) is 15.8 Å². The molecule has 0 fully saturated rings. The van der Waals surface area contributed by atoms with E-state index in [-0.39, 0.29) is 0 Å². The number of hydrogen-bond acceptors (Lipinski definition) is 3. The zero-order valence-corrected chi connectivity index (χ0v) is 15.4. The summed E-state index contributed by atoms with van der Waals surface area (Å²) in [6.07, 6.45) is 3.04. The summed E-state index contributed by atoms with van der Waals surface area (Å²) in [4.78, 5) is 17.7. The van der Waals surface area contributed by atoms with E-state index < -0.39 is 5.97 Å². The highest BCUT2D eigenvalue weighted by molar-refractivity contribution is 7.98. The maximum atomic E-state index is 11.8. The highest BCUT2D eigenvalue weighted by Gasteiger charge is 2.15. The fourth-order valence-corrected chi connectivity index (χ4v) is 3.28. The number of carboxylic acids is 1. The van der Waals surface area contributed by atoms with E-state index in [2.05, 4.69) is 19.9 Å². The minimum Gasteiger partial charge on any atom is -0.478 e. The highest BCUT2D eigenvalue weighted by Crippen LogP contribution is 2.29. The van der Waals surface area contributed by atoms with Crippen LogP contribution in [0.2, 0.25) is 0 Å². The summed E-state index contributed by atoms with van der Waals surface area (Å²) >= 11 is 1.68. The van der Waals surface area contributed by atoms with Crippen molar-refractivity contribution in [1.82, 2.24) is 4.98 Å². The van der Waals surface area contributed by atoms with Gasteiger partial charge in [-0.1, -0.05) is 32.0 Å². The first-order valence-corrected chi connectivity index (χ1v) is 9.58. The Morgan fingerprint density at radius 1 is 1.16 bits per heavy atom. The van der Waals surface area contributed by atoms with Crippen LogP contribution >= 0.6 is 11.8 Å². The van der Waals surface area contributed by atoms with Crippen LogP contribution in [0.15, 0.2) is 53.4 Å². The molecule has 128 valence electrons. The first-order valence-electron chi connectivity index (χ1n) is 8.36. The molecule has 0 saturated heterocycles. The van der Waals surface area contributed by atoms with Gasteiger partial charge in [0.25, 0.3) is 0 Å². The van der Waals surface area contributed by atoms with Crippen molar-refractivity contribution in [2.75, 3.05) is 6.26 Å². The van der Waals surface area contributed by atoms with Crippen LogP contribution in [0.3, 0.4) is 0 Å². The molecule has 3 aromatic rings. The van der Waals surface area contributed by atoms with Crippen LogP contribution in [-0.4, -0.2) is 22.3 Å². The molecule has 0 saturated carbocycles. The molecule has 1 aromatic heterocycles. The Morgan fingerprint density at radius 2 is 1.88 bits per heavy atom. The van der Waals surface area contributed by atoms with E-state index >= 15 is 0 Å². The molecule has 0 aliphatic heterocycles. The Labute approximate surface area is 152 Å². The normalized spacial score (nSPS) is 12.3. The van der Waals surface area contributed by atoms with Crippen LogP contribution in [0.25, 0.3) is 22.2 Å². The SMILES string of the molecule is CCC(C)c1ccc2nc(-c3ccc(SC)cc3)cc(C(=O)O)c2c1. The molecule has 0 aliphatic rings. The quantitative estimate of drug-likeness (QED) is 0.587. The van der Waals surface area contributed by atoms with Crippen molar-refractivity contribution in [1.29, 1.82) is 0 Å². The Kier molecular flexibility index (Phi) is 5.09. The molecule has 1 N–H and O–H groups in total. The summed E-state index contributed by atoms with van der Waals surface area (Å²) < 4.78 is 0. The number of fused-ring (bicyclic) bond motifs is 1. The van der Waals surface area contributed by atoms with Crippen molar-refractivity contribution >= 4 is 28.6 Å². The van der Waals surface area contributed by atoms with Gasteiger partial charge in [-0.25, -0.2) is 9.78 Å². The molecule has 4 heteroatoms. The average Bonchev–Trinajstić information content (AvgIpc) is 2.65. The lowest BCUT2D eigenvalue weighted by Crippen LogP contribution is -2.01. The smallest absolute Gasteiger partial charge is 0.336 e. The standard InChI is InChI=1S/C21H21NO2S/c1-4-13(2)15-7-10-19-17(11-15)18(21(23)24)12-20(22-19)14-5-8-16(25-3)9-6-14/h5-13H,4H2,1-3H3,(H,23,24). The number of nitrogens with zero attached hydrogens (tertiary/aromatic N) is 1. The van der Waals surface area contributed by atoms with E-state index in [1.165, 1.54) is 4.90 Å². The third kappa shape index (κ3) is 3.54. The molecule has 2 aromatic carbocycles. The van der Waals surface area contributed by atoms with E-state index in [1.54, 1.807) is 17.8 Å². The number of benzene rings is 2. The number of hydrogen-bond donors (Lipinski definition) is 1. The van der Waals surface area contributed by atoms with E-state index in [1.807, 2.05) is 42.7 Å². The van der Waals surface area contributed by atoms with Crippen molar-refractivity contribution in [2.24, 2.45) is 0 Å². The van der Waals surface area contributed by atoms with E-state index in [9.17, 15) is 9.90 Å². The number of rotatable bonds is 5. The summed E-state index contributed by atoms with van der Waals surface area (Å²) in [7, 11) is 0. The second-order valence-electron chi connectivity index (χ2n) is 6.17. The van der Waals surface area contributed by atoms with Crippen LogP contribution in [-0.2, 0) is 0 Å². The van der Waals surface area contributed by atoms with Crippen molar-refractivity contribution in [3.63, 3.8) is 0 Å². The fraction of sp³-hybridized carbons (Fsp3) is 0.238. The first-order chi connectivity index (χ1) is 12.0. The minimum atomic E-state index is -0.921. The van der Waals surface area contributed by atoms with Gasteiger partial charge in [-0.2, -0.15) is 0 Å². The average molecular weight is 351 g/mol. The third-order valence-corrected chi connectivity index (χ3v) is 5.37. The number of pyridine rings is 1. The number of carbonyl (C=O) groups is 1. The van der Waals surface area contributed by atoms with Gasteiger partial charge >= 0.3 is 5.97 Å². The Balaban J connectivity index is 2.17. The summed E-state index contributed by atoms with van der Waals surface area (Å²) in [6, 6.07) is 15.7. The zero-order chi connectivity index (χ0) is 18.0. The van der Waals surface area contributed by atoms with E-state index in [0.29, 0.717) is 22.6 Å². The van der Waals surface area contributed by atoms with Crippen molar-refractivity contribution in [3.05, 3.63) is 59.7 Å². The van der Waals surface area contributed by atoms with Gasteiger partial charge in [0.2, 0.25) is 0 Å². The van der Waals surface area contributed by atoms with Crippen molar-refractivity contribution in [3.8, 4) is 11.3 Å². The summed E-state index contributed by atoms with van der Waals surface area (Å²) in [6.45, 7) is 4.28.